The Morgan fingerprint density at radius 2 is 1.82 bits per heavy atom. The van der Waals surface area contributed by atoms with E-state index in [9.17, 15) is 14.4 Å². The van der Waals surface area contributed by atoms with Crippen LogP contribution in [0.2, 0.25) is 0 Å². The van der Waals surface area contributed by atoms with Crippen LogP contribution in [0, 0.1) is 0 Å². The monoisotopic (exact) mass is 384 g/mol. The number of benzene rings is 1. The molecule has 28 heavy (non-hydrogen) atoms. The molecule has 1 aromatic carbocycles. The van der Waals surface area contributed by atoms with Crippen LogP contribution in [0.5, 0.6) is 5.75 Å². The van der Waals surface area contributed by atoms with Gasteiger partial charge < -0.3 is 9.47 Å². The zero-order valence-corrected chi connectivity index (χ0v) is 17.0. The van der Waals surface area contributed by atoms with Crippen molar-refractivity contribution in [2.45, 2.75) is 59.5 Å². The molecule has 150 valence electrons. The van der Waals surface area contributed by atoms with Gasteiger partial charge in [0.25, 0.3) is 0 Å². The highest BCUT2D eigenvalue weighted by Gasteiger charge is 2.43. The van der Waals surface area contributed by atoms with Crippen molar-refractivity contribution in [3.05, 3.63) is 52.6 Å². The molecule has 1 aliphatic rings. The molecule has 1 aromatic rings. The number of Topliss-reactive ketones (excluding diaryl/α,β-unsaturated/α-hetero) is 2. The molecule has 0 saturated carbocycles. The fourth-order valence-corrected chi connectivity index (χ4v) is 2.97. The van der Waals surface area contributed by atoms with Crippen LogP contribution in [0.1, 0.15) is 74.1 Å². The maximum atomic E-state index is 12.7. The summed E-state index contributed by atoms with van der Waals surface area (Å²) in [5, 5.41) is 0. The lowest BCUT2D eigenvalue weighted by atomic mass is 10.1. The SMILES string of the molecule is CCCC(=O)OC1C(=O)c2cccc(OC/C=C(\C)CCC=C(C)C)c2C1=O. The third kappa shape index (κ3) is 5.41. The van der Waals surface area contributed by atoms with Gasteiger partial charge in [-0.2, -0.15) is 0 Å². The van der Waals surface area contributed by atoms with Crippen LogP contribution < -0.4 is 4.74 Å². The second-order valence-electron chi connectivity index (χ2n) is 7.21. The summed E-state index contributed by atoms with van der Waals surface area (Å²) in [4.78, 5) is 36.9. The molecule has 0 bridgehead atoms. The Morgan fingerprint density at radius 1 is 1.07 bits per heavy atom. The van der Waals surface area contributed by atoms with Gasteiger partial charge in [0.2, 0.25) is 17.7 Å². The van der Waals surface area contributed by atoms with Crippen molar-refractivity contribution >= 4 is 17.5 Å². The number of hydrogen-bond acceptors (Lipinski definition) is 5. The van der Waals surface area contributed by atoms with Crippen molar-refractivity contribution in [2.24, 2.45) is 0 Å². The number of ketones is 2. The molecule has 0 heterocycles. The number of fused-ring (bicyclic) bond motifs is 1. The lowest BCUT2D eigenvalue weighted by Gasteiger charge is -2.10. The highest BCUT2D eigenvalue weighted by atomic mass is 16.6. The van der Waals surface area contributed by atoms with E-state index in [1.54, 1.807) is 18.2 Å². The van der Waals surface area contributed by atoms with E-state index in [4.69, 9.17) is 9.47 Å². The minimum absolute atomic E-state index is 0.174. The van der Waals surface area contributed by atoms with Crippen LogP contribution in [0.15, 0.2) is 41.5 Å². The van der Waals surface area contributed by atoms with Crippen LogP contribution in [0.3, 0.4) is 0 Å². The van der Waals surface area contributed by atoms with Crippen molar-refractivity contribution in [3.63, 3.8) is 0 Å². The van der Waals surface area contributed by atoms with Crippen LogP contribution in [-0.4, -0.2) is 30.2 Å². The number of esters is 1. The second kappa shape index (κ2) is 10.0. The zero-order valence-electron chi connectivity index (χ0n) is 17.0. The number of ether oxygens (including phenoxy) is 2. The highest BCUT2D eigenvalue weighted by Crippen LogP contribution is 2.32. The van der Waals surface area contributed by atoms with Crippen LogP contribution in [-0.2, 0) is 9.53 Å². The molecule has 1 unspecified atom stereocenters. The van der Waals surface area contributed by atoms with E-state index in [0.29, 0.717) is 18.8 Å². The predicted molar refractivity (Wildman–Crippen MR) is 108 cm³/mol. The molecule has 0 aromatic heterocycles. The first-order valence-corrected chi connectivity index (χ1v) is 9.67. The van der Waals surface area contributed by atoms with E-state index < -0.39 is 23.6 Å². The molecule has 1 atom stereocenters. The number of allylic oxidation sites excluding steroid dienone is 3. The summed E-state index contributed by atoms with van der Waals surface area (Å²) in [6.07, 6.45) is 5.45. The van der Waals surface area contributed by atoms with E-state index in [0.717, 1.165) is 12.8 Å². The van der Waals surface area contributed by atoms with E-state index >= 15 is 0 Å². The van der Waals surface area contributed by atoms with E-state index in [2.05, 4.69) is 19.9 Å². The van der Waals surface area contributed by atoms with Gasteiger partial charge in [-0.1, -0.05) is 36.3 Å². The summed E-state index contributed by atoms with van der Waals surface area (Å²) in [5.74, 6) is -1.19. The van der Waals surface area contributed by atoms with Crippen molar-refractivity contribution in [1.82, 2.24) is 0 Å². The van der Waals surface area contributed by atoms with Crippen molar-refractivity contribution < 1.29 is 23.9 Å². The van der Waals surface area contributed by atoms with Crippen LogP contribution in [0.4, 0.5) is 0 Å². The molecule has 2 rings (SSSR count). The summed E-state index contributed by atoms with van der Waals surface area (Å²) in [5.41, 5.74) is 2.94. The Bertz CT molecular complexity index is 812. The van der Waals surface area contributed by atoms with Gasteiger partial charge >= 0.3 is 5.97 Å². The van der Waals surface area contributed by atoms with Crippen molar-refractivity contribution in [2.75, 3.05) is 6.61 Å². The Hall–Kier alpha value is -2.69. The Kier molecular flexibility index (Phi) is 7.73. The first-order chi connectivity index (χ1) is 13.3. The first-order valence-electron chi connectivity index (χ1n) is 9.67. The minimum atomic E-state index is -1.39. The number of hydrogen-bond donors (Lipinski definition) is 0. The standard InChI is InChI=1S/C23H28O5/c1-5-8-19(24)28-23-21(25)17-11-7-12-18(20(17)22(23)26)27-14-13-16(4)10-6-9-15(2)3/h7,9,11-13,23H,5-6,8,10,14H2,1-4H3/b16-13+. The number of rotatable bonds is 9. The molecule has 0 fully saturated rings. The summed E-state index contributed by atoms with van der Waals surface area (Å²) >= 11 is 0. The van der Waals surface area contributed by atoms with Gasteiger partial charge in [-0.3, -0.25) is 14.4 Å². The van der Waals surface area contributed by atoms with Gasteiger partial charge in [0, 0.05) is 12.0 Å². The third-order valence-electron chi connectivity index (χ3n) is 4.48. The first kappa shape index (κ1) is 21.6. The Morgan fingerprint density at radius 3 is 2.50 bits per heavy atom. The highest BCUT2D eigenvalue weighted by molar-refractivity contribution is 6.30. The molecule has 0 amide bonds. The summed E-state index contributed by atoms with van der Waals surface area (Å²) < 4.78 is 10.9. The average molecular weight is 384 g/mol. The number of carbonyl (C=O) groups excluding carboxylic acids is 3. The normalized spacial score (nSPS) is 16.0. The van der Waals surface area contributed by atoms with Gasteiger partial charge in [0.05, 0.1) is 5.56 Å². The van der Waals surface area contributed by atoms with Gasteiger partial charge in [0.1, 0.15) is 12.4 Å². The maximum Gasteiger partial charge on any atom is 0.306 e. The predicted octanol–water partition coefficient (Wildman–Crippen LogP) is 4.85. The van der Waals surface area contributed by atoms with E-state index in [1.165, 1.54) is 11.1 Å². The quantitative estimate of drug-likeness (QED) is 0.346. The summed E-state index contributed by atoms with van der Waals surface area (Å²) in [6.45, 7) is 8.32. The molecule has 1 aliphatic carbocycles. The maximum absolute atomic E-state index is 12.7. The fraction of sp³-hybridized carbons (Fsp3) is 0.435. The van der Waals surface area contributed by atoms with Gasteiger partial charge in [-0.15, -0.1) is 0 Å². The summed E-state index contributed by atoms with van der Waals surface area (Å²) in [6, 6.07) is 4.89. The van der Waals surface area contributed by atoms with Crippen LogP contribution in [0.25, 0.3) is 0 Å². The summed E-state index contributed by atoms with van der Waals surface area (Å²) in [7, 11) is 0. The largest absolute Gasteiger partial charge is 0.489 e. The third-order valence-corrected chi connectivity index (χ3v) is 4.48. The molecule has 0 aliphatic heterocycles. The molecular formula is C23H28O5. The van der Waals surface area contributed by atoms with E-state index in [-0.39, 0.29) is 17.5 Å². The molecule has 0 radical (unpaired) electrons. The second-order valence-corrected chi connectivity index (χ2v) is 7.21. The van der Waals surface area contributed by atoms with Gasteiger partial charge in [-0.25, -0.2) is 0 Å². The van der Waals surface area contributed by atoms with E-state index in [1.807, 2.05) is 19.9 Å². The smallest absolute Gasteiger partial charge is 0.306 e. The molecule has 0 spiro atoms. The van der Waals surface area contributed by atoms with Gasteiger partial charge in [0.15, 0.2) is 0 Å². The topological polar surface area (TPSA) is 69.7 Å². The zero-order chi connectivity index (χ0) is 20.7. The fourth-order valence-electron chi connectivity index (χ4n) is 2.97. The lowest BCUT2D eigenvalue weighted by Crippen LogP contribution is -2.28. The molecule has 5 heteroatoms. The molecule has 0 saturated heterocycles. The van der Waals surface area contributed by atoms with Crippen molar-refractivity contribution in [3.8, 4) is 5.75 Å². The van der Waals surface area contributed by atoms with Crippen molar-refractivity contribution in [1.29, 1.82) is 0 Å². The lowest BCUT2D eigenvalue weighted by molar-refractivity contribution is -0.145. The van der Waals surface area contributed by atoms with Gasteiger partial charge in [-0.05, 0) is 52.2 Å². The Labute approximate surface area is 166 Å². The number of carbonyl (C=O) groups is 3. The Balaban J connectivity index is 2.07. The molecular weight excluding hydrogens is 356 g/mol. The molecule has 5 nitrogen and oxygen atoms in total. The van der Waals surface area contributed by atoms with Crippen LogP contribution >= 0.6 is 0 Å². The average Bonchev–Trinajstić information content (AvgIpc) is 2.87. The minimum Gasteiger partial charge on any atom is -0.489 e. The molecule has 0 N–H and O–H groups in total.